The highest BCUT2D eigenvalue weighted by molar-refractivity contribution is 7.99. The Labute approximate surface area is 99.7 Å². The minimum atomic E-state index is -0.212. The fraction of sp³-hybridized carbons (Fsp3) is 0.308. The van der Waals surface area contributed by atoms with Gasteiger partial charge in [-0.15, -0.1) is 11.8 Å². The zero-order chi connectivity index (χ0) is 12.0. The standard InChI is InChI=1S/C13H15FOS/c1-10(15)5-3-6-11(2)16-13-8-4-7-12(14)9-13/h3-5,7-9,11H,6H2,1-2H3. The molecule has 86 valence electrons. The zero-order valence-corrected chi connectivity index (χ0v) is 10.3. The van der Waals surface area contributed by atoms with Gasteiger partial charge in [0.25, 0.3) is 0 Å². The van der Waals surface area contributed by atoms with Crippen LogP contribution in [-0.4, -0.2) is 11.0 Å². The van der Waals surface area contributed by atoms with Crippen molar-refractivity contribution in [2.75, 3.05) is 0 Å². The van der Waals surface area contributed by atoms with Gasteiger partial charge in [-0.3, -0.25) is 4.79 Å². The van der Waals surface area contributed by atoms with Crippen molar-refractivity contribution in [3.05, 3.63) is 42.2 Å². The number of carbonyl (C=O) groups is 1. The first kappa shape index (κ1) is 13.0. The third-order valence-electron chi connectivity index (χ3n) is 1.95. The molecule has 1 aromatic carbocycles. The third kappa shape index (κ3) is 5.12. The molecule has 0 bridgehead atoms. The van der Waals surface area contributed by atoms with Gasteiger partial charge in [0, 0.05) is 10.1 Å². The van der Waals surface area contributed by atoms with E-state index < -0.39 is 0 Å². The van der Waals surface area contributed by atoms with Gasteiger partial charge >= 0.3 is 0 Å². The zero-order valence-electron chi connectivity index (χ0n) is 9.44. The molecular weight excluding hydrogens is 223 g/mol. The van der Waals surface area contributed by atoms with E-state index >= 15 is 0 Å². The van der Waals surface area contributed by atoms with Crippen molar-refractivity contribution < 1.29 is 9.18 Å². The van der Waals surface area contributed by atoms with Crippen LogP contribution in [0.1, 0.15) is 20.3 Å². The van der Waals surface area contributed by atoms with E-state index in [1.54, 1.807) is 23.9 Å². The second-order valence-electron chi connectivity index (χ2n) is 3.63. The van der Waals surface area contributed by atoms with E-state index in [4.69, 9.17) is 0 Å². The summed E-state index contributed by atoms with van der Waals surface area (Å²) in [6.45, 7) is 3.58. The second kappa shape index (κ2) is 6.48. The smallest absolute Gasteiger partial charge is 0.152 e. The van der Waals surface area contributed by atoms with Crippen molar-refractivity contribution in [1.29, 1.82) is 0 Å². The number of hydrogen-bond acceptors (Lipinski definition) is 2. The molecule has 1 nitrogen and oxygen atoms in total. The molecule has 1 atom stereocenters. The Morgan fingerprint density at radius 2 is 2.31 bits per heavy atom. The first-order valence-corrected chi connectivity index (χ1v) is 6.05. The van der Waals surface area contributed by atoms with Crippen LogP contribution in [0.3, 0.4) is 0 Å². The number of carbonyl (C=O) groups excluding carboxylic acids is 1. The van der Waals surface area contributed by atoms with Crippen LogP contribution in [0.25, 0.3) is 0 Å². The average molecular weight is 238 g/mol. The van der Waals surface area contributed by atoms with Gasteiger partial charge < -0.3 is 0 Å². The molecule has 0 spiro atoms. The summed E-state index contributed by atoms with van der Waals surface area (Å²) in [5.41, 5.74) is 0. The summed E-state index contributed by atoms with van der Waals surface area (Å²) in [5.74, 6) is -0.153. The van der Waals surface area contributed by atoms with Gasteiger partial charge in [0.2, 0.25) is 0 Å². The van der Waals surface area contributed by atoms with Gasteiger partial charge in [0.1, 0.15) is 5.82 Å². The van der Waals surface area contributed by atoms with E-state index in [9.17, 15) is 9.18 Å². The summed E-state index contributed by atoms with van der Waals surface area (Å²) < 4.78 is 12.9. The summed E-state index contributed by atoms with van der Waals surface area (Å²) in [4.78, 5) is 11.6. The van der Waals surface area contributed by atoms with Gasteiger partial charge in [-0.1, -0.05) is 19.1 Å². The highest BCUT2D eigenvalue weighted by Gasteiger charge is 2.03. The second-order valence-corrected chi connectivity index (χ2v) is 5.15. The van der Waals surface area contributed by atoms with Crippen molar-refractivity contribution >= 4 is 17.5 Å². The molecule has 16 heavy (non-hydrogen) atoms. The molecule has 1 rings (SSSR count). The van der Waals surface area contributed by atoms with Gasteiger partial charge in [0.05, 0.1) is 0 Å². The van der Waals surface area contributed by atoms with E-state index in [2.05, 4.69) is 6.92 Å². The van der Waals surface area contributed by atoms with Crippen LogP contribution in [0, 0.1) is 5.82 Å². The average Bonchev–Trinajstić information content (AvgIpc) is 2.16. The van der Waals surface area contributed by atoms with E-state index in [1.807, 2.05) is 12.1 Å². The van der Waals surface area contributed by atoms with Crippen molar-refractivity contribution in [3.8, 4) is 0 Å². The fourth-order valence-electron chi connectivity index (χ4n) is 1.25. The number of ketones is 1. The number of hydrogen-bond donors (Lipinski definition) is 0. The monoisotopic (exact) mass is 238 g/mol. The van der Waals surface area contributed by atoms with Crippen LogP contribution in [0.5, 0.6) is 0 Å². The molecule has 0 saturated carbocycles. The van der Waals surface area contributed by atoms with E-state index in [-0.39, 0.29) is 11.6 Å². The Kier molecular flexibility index (Phi) is 5.26. The minimum Gasteiger partial charge on any atom is -0.295 e. The Bertz CT molecular complexity index is 387. The van der Waals surface area contributed by atoms with Crippen LogP contribution in [0.4, 0.5) is 4.39 Å². The molecule has 0 radical (unpaired) electrons. The molecule has 0 aliphatic carbocycles. The van der Waals surface area contributed by atoms with Crippen molar-refractivity contribution in [2.45, 2.75) is 30.4 Å². The lowest BCUT2D eigenvalue weighted by Crippen LogP contribution is -1.94. The number of benzene rings is 1. The molecule has 3 heteroatoms. The van der Waals surface area contributed by atoms with Gasteiger partial charge in [-0.05, 0) is 37.6 Å². The molecule has 0 aromatic heterocycles. The highest BCUT2D eigenvalue weighted by Crippen LogP contribution is 2.25. The van der Waals surface area contributed by atoms with E-state index in [0.717, 1.165) is 11.3 Å². The lowest BCUT2D eigenvalue weighted by Gasteiger charge is -2.08. The summed E-state index contributed by atoms with van der Waals surface area (Å²) in [7, 11) is 0. The predicted octanol–water partition coefficient (Wildman–Crippen LogP) is 3.84. The summed E-state index contributed by atoms with van der Waals surface area (Å²) in [6, 6.07) is 6.55. The molecule has 0 saturated heterocycles. The number of halogens is 1. The van der Waals surface area contributed by atoms with Gasteiger partial charge in [-0.2, -0.15) is 0 Å². The number of allylic oxidation sites excluding steroid dienone is 2. The molecule has 0 aliphatic rings. The fourth-order valence-corrected chi connectivity index (χ4v) is 2.26. The van der Waals surface area contributed by atoms with Crippen LogP contribution in [-0.2, 0) is 4.79 Å². The van der Waals surface area contributed by atoms with E-state index in [0.29, 0.717) is 5.25 Å². The summed E-state index contributed by atoms with van der Waals surface area (Å²) in [6.07, 6.45) is 4.24. The van der Waals surface area contributed by atoms with Gasteiger partial charge in [0.15, 0.2) is 5.78 Å². The Hall–Kier alpha value is -1.09. The number of thioether (sulfide) groups is 1. The molecule has 0 amide bonds. The minimum absolute atomic E-state index is 0.0583. The van der Waals surface area contributed by atoms with E-state index in [1.165, 1.54) is 19.1 Å². The van der Waals surface area contributed by atoms with Crippen molar-refractivity contribution in [3.63, 3.8) is 0 Å². The molecule has 1 aromatic rings. The SMILES string of the molecule is CC(=O)C=CCC(C)Sc1cccc(F)c1. The summed E-state index contributed by atoms with van der Waals surface area (Å²) >= 11 is 1.61. The van der Waals surface area contributed by atoms with Crippen LogP contribution < -0.4 is 0 Å². The normalized spacial score (nSPS) is 12.9. The lowest BCUT2D eigenvalue weighted by molar-refractivity contribution is -0.112. The van der Waals surface area contributed by atoms with Crippen LogP contribution in [0.2, 0.25) is 0 Å². The maximum Gasteiger partial charge on any atom is 0.152 e. The molecule has 0 fully saturated rings. The molecule has 0 N–H and O–H groups in total. The molecular formula is C13H15FOS. The molecule has 1 unspecified atom stereocenters. The van der Waals surface area contributed by atoms with Crippen LogP contribution >= 0.6 is 11.8 Å². The lowest BCUT2D eigenvalue weighted by atomic mass is 10.3. The van der Waals surface area contributed by atoms with Crippen LogP contribution in [0.15, 0.2) is 41.3 Å². The largest absolute Gasteiger partial charge is 0.295 e. The first-order chi connectivity index (χ1) is 7.58. The maximum atomic E-state index is 12.9. The maximum absolute atomic E-state index is 12.9. The predicted molar refractivity (Wildman–Crippen MR) is 66.2 cm³/mol. The van der Waals surface area contributed by atoms with Crippen molar-refractivity contribution in [1.82, 2.24) is 0 Å². The first-order valence-electron chi connectivity index (χ1n) is 5.17. The highest BCUT2D eigenvalue weighted by atomic mass is 32.2. The Morgan fingerprint density at radius 1 is 1.56 bits per heavy atom. The van der Waals surface area contributed by atoms with Crippen molar-refractivity contribution in [2.24, 2.45) is 0 Å². The molecule has 0 aliphatic heterocycles. The Balaban J connectivity index is 2.45. The van der Waals surface area contributed by atoms with Gasteiger partial charge in [-0.25, -0.2) is 4.39 Å². The summed E-state index contributed by atoms with van der Waals surface area (Å²) in [5, 5.41) is 0.331. The third-order valence-corrected chi connectivity index (χ3v) is 3.07. The Morgan fingerprint density at radius 3 is 2.94 bits per heavy atom. The molecule has 0 heterocycles. The topological polar surface area (TPSA) is 17.1 Å². The quantitative estimate of drug-likeness (QED) is 0.572. The number of rotatable bonds is 5.